The lowest BCUT2D eigenvalue weighted by atomic mass is 10.2. The predicted octanol–water partition coefficient (Wildman–Crippen LogP) is -0.121. The first-order valence-corrected chi connectivity index (χ1v) is 8.64. The summed E-state index contributed by atoms with van der Waals surface area (Å²) in [6, 6.07) is 6.05. The number of carbonyl (C=O) groups excluding carboxylic acids is 1. The van der Waals surface area contributed by atoms with E-state index in [1.54, 1.807) is 17.0 Å². The molecule has 3 rings (SSSR count). The molecule has 1 aromatic carbocycles. The number of amides is 1. The van der Waals surface area contributed by atoms with Gasteiger partial charge in [-0.3, -0.25) is 4.79 Å². The lowest BCUT2D eigenvalue weighted by molar-refractivity contribution is 0.0378. The van der Waals surface area contributed by atoms with Crippen molar-refractivity contribution < 1.29 is 23.1 Å². The summed E-state index contributed by atoms with van der Waals surface area (Å²) < 4.78 is 30.9. The first kappa shape index (κ1) is 15.3. The number of hydrogen-bond donors (Lipinski definition) is 1. The summed E-state index contributed by atoms with van der Waals surface area (Å²) in [6.45, 7) is 1.87. The van der Waals surface area contributed by atoms with Gasteiger partial charge in [-0.1, -0.05) is 0 Å². The lowest BCUT2D eigenvalue weighted by Crippen LogP contribution is -2.55. The van der Waals surface area contributed by atoms with Crippen molar-refractivity contribution in [2.45, 2.75) is 5.25 Å². The Labute approximate surface area is 129 Å². The first-order valence-electron chi connectivity index (χ1n) is 7.13. The van der Waals surface area contributed by atoms with Crippen molar-refractivity contribution in [3.63, 3.8) is 0 Å². The number of aromatic hydroxyl groups is 1. The minimum Gasteiger partial charge on any atom is -0.508 e. The van der Waals surface area contributed by atoms with E-state index in [9.17, 15) is 18.3 Å². The highest BCUT2D eigenvalue weighted by Crippen LogP contribution is 2.19. The van der Waals surface area contributed by atoms with Gasteiger partial charge in [0.1, 0.15) is 11.0 Å². The van der Waals surface area contributed by atoms with Crippen LogP contribution in [0.4, 0.5) is 0 Å². The number of hydrogen-bond acceptors (Lipinski definition) is 5. The number of phenols is 1. The van der Waals surface area contributed by atoms with Crippen molar-refractivity contribution in [3.05, 3.63) is 29.8 Å². The van der Waals surface area contributed by atoms with Crippen LogP contribution in [-0.4, -0.2) is 73.3 Å². The topological polar surface area (TPSA) is 87.2 Å². The number of carbonyl (C=O) groups is 1. The smallest absolute Gasteiger partial charge is 0.253 e. The van der Waals surface area contributed by atoms with Crippen LogP contribution >= 0.6 is 0 Å². The van der Waals surface area contributed by atoms with Crippen LogP contribution in [0.15, 0.2) is 24.3 Å². The van der Waals surface area contributed by atoms with E-state index in [2.05, 4.69) is 0 Å². The second kappa shape index (κ2) is 5.86. The average Bonchev–Trinajstić information content (AvgIpc) is 2.45. The molecule has 2 saturated heterocycles. The molecule has 0 radical (unpaired) electrons. The minimum absolute atomic E-state index is 0.107. The number of phenolic OH excluding ortho intramolecular Hbond substituents is 1. The maximum absolute atomic E-state index is 12.3. The van der Waals surface area contributed by atoms with Crippen molar-refractivity contribution in [2.75, 3.05) is 39.4 Å². The number of piperazine rings is 1. The highest BCUT2D eigenvalue weighted by atomic mass is 32.2. The molecule has 2 aliphatic rings. The molecular formula is C14H18N2O5S. The van der Waals surface area contributed by atoms with Crippen LogP contribution in [0.1, 0.15) is 10.4 Å². The normalized spacial score (nSPS) is 20.6. The lowest BCUT2D eigenvalue weighted by Gasteiger charge is -2.37. The minimum atomic E-state index is -3.31. The van der Waals surface area contributed by atoms with Crippen molar-refractivity contribution in [3.8, 4) is 5.75 Å². The maximum Gasteiger partial charge on any atom is 0.253 e. The SMILES string of the molecule is O=C(c1ccc(O)cc1)N1CCN(S(=O)(=O)C2COC2)CC1. The molecule has 0 spiro atoms. The number of ether oxygens (including phenoxy) is 1. The molecule has 2 fully saturated rings. The summed E-state index contributed by atoms with van der Waals surface area (Å²) in [5.41, 5.74) is 0.488. The summed E-state index contributed by atoms with van der Waals surface area (Å²) >= 11 is 0. The van der Waals surface area contributed by atoms with Gasteiger partial charge in [0.25, 0.3) is 5.91 Å². The van der Waals surface area contributed by atoms with Gasteiger partial charge in [-0.15, -0.1) is 0 Å². The van der Waals surface area contributed by atoms with Gasteiger partial charge in [-0.2, -0.15) is 4.31 Å². The Hall–Kier alpha value is -1.64. The van der Waals surface area contributed by atoms with Gasteiger partial charge in [0, 0.05) is 31.7 Å². The van der Waals surface area contributed by atoms with E-state index in [4.69, 9.17) is 4.74 Å². The van der Waals surface area contributed by atoms with E-state index in [1.165, 1.54) is 16.4 Å². The summed E-state index contributed by atoms with van der Waals surface area (Å²) in [5, 5.41) is 8.81. The Morgan fingerprint density at radius 2 is 1.68 bits per heavy atom. The van der Waals surface area contributed by atoms with Gasteiger partial charge < -0.3 is 14.7 Å². The maximum atomic E-state index is 12.3. The molecule has 0 bridgehead atoms. The van der Waals surface area contributed by atoms with Gasteiger partial charge >= 0.3 is 0 Å². The zero-order chi connectivity index (χ0) is 15.7. The van der Waals surface area contributed by atoms with Gasteiger partial charge in [0.15, 0.2) is 0 Å². The molecule has 0 aliphatic carbocycles. The van der Waals surface area contributed by atoms with E-state index < -0.39 is 15.3 Å². The van der Waals surface area contributed by atoms with Crippen LogP contribution < -0.4 is 0 Å². The second-order valence-electron chi connectivity index (χ2n) is 5.44. The summed E-state index contributed by atoms with van der Waals surface area (Å²) in [4.78, 5) is 14.0. The molecule has 7 nitrogen and oxygen atoms in total. The molecule has 8 heteroatoms. The number of nitrogens with zero attached hydrogens (tertiary/aromatic N) is 2. The Bertz CT molecular complexity index is 646. The molecule has 1 amide bonds. The molecule has 0 unspecified atom stereocenters. The van der Waals surface area contributed by atoms with Gasteiger partial charge in [0.05, 0.1) is 13.2 Å². The van der Waals surface area contributed by atoms with Gasteiger partial charge in [-0.25, -0.2) is 8.42 Å². The Balaban J connectivity index is 1.61. The fraction of sp³-hybridized carbons (Fsp3) is 0.500. The fourth-order valence-corrected chi connectivity index (χ4v) is 4.16. The highest BCUT2D eigenvalue weighted by Gasteiger charge is 2.39. The summed E-state index contributed by atoms with van der Waals surface area (Å²) in [7, 11) is -3.31. The van der Waals surface area contributed by atoms with Crippen LogP contribution in [0.2, 0.25) is 0 Å². The molecule has 2 aliphatic heterocycles. The van der Waals surface area contributed by atoms with Crippen LogP contribution in [0.5, 0.6) is 5.75 Å². The average molecular weight is 326 g/mol. The van der Waals surface area contributed by atoms with E-state index in [1.807, 2.05) is 0 Å². The van der Waals surface area contributed by atoms with Crippen molar-refractivity contribution in [1.29, 1.82) is 0 Å². The molecule has 2 heterocycles. The third-order valence-corrected chi connectivity index (χ3v) is 6.23. The predicted molar refractivity (Wildman–Crippen MR) is 79.1 cm³/mol. The Morgan fingerprint density at radius 1 is 1.09 bits per heavy atom. The van der Waals surface area contributed by atoms with E-state index in [-0.39, 0.29) is 24.9 Å². The van der Waals surface area contributed by atoms with Crippen molar-refractivity contribution >= 4 is 15.9 Å². The van der Waals surface area contributed by atoms with Crippen LogP contribution in [0.3, 0.4) is 0 Å². The van der Waals surface area contributed by atoms with Gasteiger partial charge in [-0.05, 0) is 24.3 Å². The van der Waals surface area contributed by atoms with Crippen LogP contribution in [0.25, 0.3) is 0 Å². The molecule has 1 aromatic rings. The number of rotatable bonds is 3. The third kappa shape index (κ3) is 2.81. The van der Waals surface area contributed by atoms with Crippen LogP contribution in [-0.2, 0) is 14.8 Å². The Morgan fingerprint density at radius 3 is 2.18 bits per heavy atom. The third-order valence-electron chi connectivity index (χ3n) is 4.03. The standard InChI is InChI=1S/C14H18N2O5S/c17-12-3-1-11(2-4-12)14(18)15-5-7-16(8-6-15)22(19,20)13-9-21-10-13/h1-4,13,17H,5-10H2. The highest BCUT2D eigenvalue weighted by molar-refractivity contribution is 7.89. The molecule has 0 aromatic heterocycles. The molecular weight excluding hydrogens is 308 g/mol. The first-order chi connectivity index (χ1) is 10.5. The van der Waals surface area contributed by atoms with E-state index in [0.717, 1.165) is 0 Å². The van der Waals surface area contributed by atoms with Crippen molar-refractivity contribution in [1.82, 2.24) is 9.21 Å². The molecule has 1 N–H and O–H groups in total. The Kier molecular flexibility index (Phi) is 4.07. The largest absolute Gasteiger partial charge is 0.508 e. The second-order valence-corrected chi connectivity index (χ2v) is 7.66. The quantitative estimate of drug-likeness (QED) is 0.837. The summed E-state index contributed by atoms with van der Waals surface area (Å²) in [6.07, 6.45) is 0. The monoisotopic (exact) mass is 326 g/mol. The zero-order valence-electron chi connectivity index (χ0n) is 12.0. The molecule has 0 atom stereocenters. The molecule has 0 saturated carbocycles. The van der Waals surface area contributed by atoms with E-state index >= 15 is 0 Å². The zero-order valence-corrected chi connectivity index (χ0v) is 12.8. The van der Waals surface area contributed by atoms with Crippen LogP contribution in [0, 0.1) is 0 Å². The van der Waals surface area contributed by atoms with Crippen molar-refractivity contribution in [2.24, 2.45) is 0 Å². The number of benzene rings is 1. The van der Waals surface area contributed by atoms with E-state index in [0.29, 0.717) is 31.7 Å². The molecule has 22 heavy (non-hydrogen) atoms. The summed E-state index contributed by atoms with van der Waals surface area (Å²) in [5.74, 6) is -0.0424. The molecule has 120 valence electrons. The fourth-order valence-electron chi connectivity index (χ4n) is 2.53. The van der Waals surface area contributed by atoms with Gasteiger partial charge in [0.2, 0.25) is 10.0 Å². The number of sulfonamides is 1.